The van der Waals surface area contributed by atoms with Gasteiger partial charge in [-0.1, -0.05) is 49.4 Å². The second-order valence-corrected chi connectivity index (χ2v) is 4.81. The van der Waals surface area contributed by atoms with Gasteiger partial charge in [-0.15, -0.1) is 0 Å². The Kier molecular flexibility index (Phi) is 6.49. The molecule has 0 unspecified atom stereocenters. The van der Waals surface area contributed by atoms with E-state index >= 15 is 0 Å². The molecule has 1 aromatic heterocycles. The van der Waals surface area contributed by atoms with Gasteiger partial charge < -0.3 is 10.1 Å². The fourth-order valence-electron chi connectivity index (χ4n) is 1.89. The molecule has 2 aromatic rings. The van der Waals surface area contributed by atoms with Crippen LogP contribution in [0.4, 0.5) is 0 Å². The van der Waals surface area contributed by atoms with E-state index < -0.39 is 0 Å². The van der Waals surface area contributed by atoms with E-state index in [-0.39, 0.29) is 0 Å². The Morgan fingerprint density at radius 1 is 1.14 bits per heavy atom. The van der Waals surface area contributed by atoms with E-state index in [1.165, 1.54) is 11.1 Å². The predicted octanol–water partition coefficient (Wildman–Crippen LogP) is 3.67. The number of hydrogen-bond donors (Lipinski definition) is 1. The maximum atomic E-state index is 5.59. The summed E-state index contributed by atoms with van der Waals surface area (Å²) >= 11 is 0. The Labute approximate surface area is 126 Å². The molecule has 1 N–H and O–H groups in total. The monoisotopic (exact) mass is 282 g/mol. The predicted molar refractivity (Wildman–Crippen MR) is 87.2 cm³/mol. The molecular weight excluding hydrogens is 260 g/mol. The third kappa shape index (κ3) is 5.79. The molecule has 0 aliphatic carbocycles. The number of ether oxygens (including phenoxy) is 1. The molecule has 0 aliphatic rings. The number of aromatic nitrogens is 1. The van der Waals surface area contributed by atoms with Crippen LogP contribution >= 0.6 is 0 Å². The Balaban J connectivity index is 1.74. The summed E-state index contributed by atoms with van der Waals surface area (Å²) in [5.74, 6) is 0.659. The molecule has 0 radical (unpaired) electrons. The summed E-state index contributed by atoms with van der Waals surface area (Å²) in [6.07, 6.45) is 7.04. The van der Waals surface area contributed by atoms with Crippen molar-refractivity contribution >= 4 is 6.08 Å². The Bertz CT molecular complexity index is 535. The first-order valence-corrected chi connectivity index (χ1v) is 7.38. The van der Waals surface area contributed by atoms with E-state index in [2.05, 4.69) is 29.4 Å². The summed E-state index contributed by atoms with van der Waals surface area (Å²) in [5, 5.41) is 3.35. The quantitative estimate of drug-likeness (QED) is 0.750. The van der Waals surface area contributed by atoms with Gasteiger partial charge >= 0.3 is 0 Å². The molecule has 110 valence electrons. The van der Waals surface area contributed by atoms with Gasteiger partial charge in [0, 0.05) is 18.8 Å². The molecule has 0 atom stereocenters. The minimum absolute atomic E-state index is 0.523. The second kappa shape index (κ2) is 8.93. The van der Waals surface area contributed by atoms with Crippen LogP contribution in [0.5, 0.6) is 5.88 Å². The van der Waals surface area contributed by atoms with Crippen molar-refractivity contribution in [2.24, 2.45) is 0 Å². The lowest BCUT2D eigenvalue weighted by Gasteiger charge is -2.05. The van der Waals surface area contributed by atoms with E-state index in [4.69, 9.17) is 4.74 Å². The lowest BCUT2D eigenvalue weighted by molar-refractivity contribution is 0.349. The third-order valence-electron chi connectivity index (χ3n) is 2.99. The molecule has 0 saturated heterocycles. The summed E-state index contributed by atoms with van der Waals surface area (Å²) in [4.78, 5) is 4.31. The third-order valence-corrected chi connectivity index (χ3v) is 2.99. The van der Waals surface area contributed by atoms with Gasteiger partial charge in [-0.2, -0.15) is 0 Å². The highest BCUT2D eigenvalue weighted by molar-refractivity contribution is 5.48. The number of nitrogens with one attached hydrogen (secondary N) is 1. The molecule has 1 heterocycles. The van der Waals surface area contributed by atoms with Crippen LogP contribution in [0.15, 0.2) is 54.7 Å². The van der Waals surface area contributed by atoms with Gasteiger partial charge in [0.15, 0.2) is 0 Å². The molecule has 0 spiro atoms. The van der Waals surface area contributed by atoms with E-state index in [9.17, 15) is 0 Å². The standard InChI is InChI=1S/C18H22N2O/c1-2-12-19-14-17-10-11-18(20-15-17)21-13-6-9-16-7-4-3-5-8-16/h3-11,15,19H,2,12-14H2,1H3. The SMILES string of the molecule is CCCNCc1ccc(OCC=Cc2ccccc2)nc1. The van der Waals surface area contributed by atoms with Crippen molar-refractivity contribution in [2.45, 2.75) is 19.9 Å². The van der Waals surface area contributed by atoms with Crippen LogP contribution < -0.4 is 10.1 Å². The van der Waals surface area contributed by atoms with Crippen molar-refractivity contribution in [1.82, 2.24) is 10.3 Å². The Morgan fingerprint density at radius 2 is 2.00 bits per heavy atom. The van der Waals surface area contributed by atoms with Gasteiger partial charge in [0.1, 0.15) is 6.61 Å². The van der Waals surface area contributed by atoms with Crippen LogP contribution in [0.25, 0.3) is 6.08 Å². The van der Waals surface area contributed by atoms with Crippen LogP contribution in [-0.2, 0) is 6.54 Å². The van der Waals surface area contributed by atoms with E-state index in [1.807, 2.05) is 48.7 Å². The molecule has 3 nitrogen and oxygen atoms in total. The number of hydrogen-bond acceptors (Lipinski definition) is 3. The first-order chi connectivity index (χ1) is 10.4. The molecule has 0 saturated carbocycles. The normalized spacial score (nSPS) is 10.9. The maximum absolute atomic E-state index is 5.59. The molecule has 0 amide bonds. The minimum atomic E-state index is 0.523. The number of pyridine rings is 1. The van der Waals surface area contributed by atoms with Gasteiger partial charge in [0.2, 0.25) is 5.88 Å². The van der Waals surface area contributed by atoms with Gasteiger partial charge in [-0.3, -0.25) is 0 Å². The van der Waals surface area contributed by atoms with Gasteiger partial charge in [0.25, 0.3) is 0 Å². The molecule has 3 heteroatoms. The topological polar surface area (TPSA) is 34.1 Å². The van der Waals surface area contributed by atoms with Crippen molar-refractivity contribution in [3.05, 3.63) is 65.9 Å². The largest absolute Gasteiger partial charge is 0.473 e. The maximum Gasteiger partial charge on any atom is 0.213 e. The van der Waals surface area contributed by atoms with Crippen molar-refractivity contribution in [2.75, 3.05) is 13.2 Å². The van der Waals surface area contributed by atoms with Gasteiger partial charge in [0.05, 0.1) is 0 Å². The molecule has 0 bridgehead atoms. The van der Waals surface area contributed by atoms with Crippen LogP contribution in [0, 0.1) is 0 Å². The van der Waals surface area contributed by atoms with Crippen molar-refractivity contribution in [1.29, 1.82) is 0 Å². The van der Waals surface area contributed by atoms with Crippen molar-refractivity contribution in [3.63, 3.8) is 0 Å². The first-order valence-electron chi connectivity index (χ1n) is 7.38. The first kappa shape index (κ1) is 15.3. The zero-order chi connectivity index (χ0) is 14.8. The smallest absolute Gasteiger partial charge is 0.213 e. The van der Waals surface area contributed by atoms with E-state index in [0.29, 0.717) is 12.5 Å². The van der Waals surface area contributed by atoms with E-state index in [0.717, 1.165) is 19.5 Å². The van der Waals surface area contributed by atoms with Crippen LogP contribution in [0.1, 0.15) is 24.5 Å². The highest BCUT2D eigenvalue weighted by Gasteiger charge is 1.96. The zero-order valence-electron chi connectivity index (χ0n) is 12.5. The van der Waals surface area contributed by atoms with Gasteiger partial charge in [-0.25, -0.2) is 4.98 Å². The number of benzene rings is 1. The van der Waals surface area contributed by atoms with Crippen LogP contribution in [0.2, 0.25) is 0 Å². The average Bonchev–Trinajstić information content (AvgIpc) is 2.54. The fraction of sp³-hybridized carbons (Fsp3) is 0.278. The summed E-state index contributed by atoms with van der Waals surface area (Å²) in [6.45, 7) is 4.57. The van der Waals surface area contributed by atoms with Crippen LogP contribution in [0.3, 0.4) is 0 Å². The average molecular weight is 282 g/mol. The Morgan fingerprint density at radius 3 is 2.71 bits per heavy atom. The van der Waals surface area contributed by atoms with Gasteiger partial charge in [-0.05, 0) is 30.2 Å². The summed E-state index contributed by atoms with van der Waals surface area (Å²) in [5.41, 5.74) is 2.35. The Hall–Kier alpha value is -2.13. The molecular formula is C18H22N2O. The molecule has 21 heavy (non-hydrogen) atoms. The summed E-state index contributed by atoms with van der Waals surface area (Å²) in [7, 11) is 0. The number of nitrogens with zero attached hydrogens (tertiary/aromatic N) is 1. The minimum Gasteiger partial charge on any atom is -0.473 e. The summed E-state index contributed by atoms with van der Waals surface area (Å²) in [6, 6.07) is 14.1. The van der Waals surface area contributed by atoms with Crippen molar-refractivity contribution in [3.8, 4) is 5.88 Å². The highest BCUT2D eigenvalue weighted by atomic mass is 16.5. The van der Waals surface area contributed by atoms with E-state index in [1.54, 1.807) is 0 Å². The summed E-state index contributed by atoms with van der Waals surface area (Å²) < 4.78 is 5.59. The highest BCUT2D eigenvalue weighted by Crippen LogP contribution is 2.08. The molecule has 1 aromatic carbocycles. The molecule has 2 rings (SSSR count). The second-order valence-electron chi connectivity index (χ2n) is 4.81. The number of rotatable bonds is 8. The van der Waals surface area contributed by atoms with Crippen LogP contribution in [-0.4, -0.2) is 18.1 Å². The lowest BCUT2D eigenvalue weighted by Crippen LogP contribution is -2.13. The molecule has 0 aliphatic heterocycles. The van der Waals surface area contributed by atoms with Crippen molar-refractivity contribution < 1.29 is 4.74 Å². The lowest BCUT2D eigenvalue weighted by atomic mass is 10.2. The fourth-order valence-corrected chi connectivity index (χ4v) is 1.89. The molecule has 0 fully saturated rings. The zero-order valence-corrected chi connectivity index (χ0v) is 12.5.